The van der Waals surface area contributed by atoms with Crippen molar-refractivity contribution in [3.8, 4) is 0 Å². The minimum atomic E-state index is -0.195. The van der Waals surface area contributed by atoms with Gasteiger partial charge in [-0.2, -0.15) is 0 Å². The molecule has 3 nitrogen and oxygen atoms in total. The number of carbonyl (C=O) groups is 2. The van der Waals surface area contributed by atoms with Gasteiger partial charge in [-0.3, -0.25) is 9.59 Å². The average molecular weight is 288 g/mol. The highest BCUT2D eigenvalue weighted by molar-refractivity contribution is 6.31. The van der Waals surface area contributed by atoms with E-state index >= 15 is 0 Å². The lowest BCUT2D eigenvalue weighted by Crippen LogP contribution is -2.22. The highest BCUT2D eigenvalue weighted by Crippen LogP contribution is 2.17. The lowest BCUT2D eigenvalue weighted by atomic mass is 10.1. The van der Waals surface area contributed by atoms with E-state index in [4.69, 9.17) is 11.6 Å². The Morgan fingerprint density at radius 2 is 1.90 bits per heavy atom. The van der Waals surface area contributed by atoms with E-state index in [1.54, 1.807) is 24.3 Å². The Morgan fingerprint density at radius 3 is 2.50 bits per heavy atom. The second kappa shape index (κ2) is 6.35. The summed E-state index contributed by atoms with van der Waals surface area (Å²) in [6.07, 6.45) is 0.744. The van der Waals surface area contributed by atoms with Crippen LogP contribution >= 0.6 is 11.6 Å². The van der Waals surface area contributed by atoms with Gasteiger partial charge in [-0.1, -0.05) is 35.9 Å². The molecule has 0 aliphatic rings. The first kappa shape index (κ1) is 14.3. The molecule has 0 aromatic heterocycles. The first-order valence-electron chi connectivity index (χ1n) is 6.18. The molecule has 0 fully saturated rings. The molecule has 102 valence electrons. The normalized spacial score (nSPS) is 10.1. The Morgan fingerprint density at radius 1 is 1.20 bits per heavy atom. The maximum absolute atomic E-state index is 12.0. The molecule has 0 atom stereocenters. The minimum Gasteiger partial charge on any atom is -0.348 e. The first-order chi connectivity index (χ1) is 9.60. The van der Waals surface area contributed by atoms with Gasteiger partial charge in [0.25, 0.3) is 5.91 Å². The van der Waals surface area contributed by atoms with Crippen LogP contribution in [0.1, 0.15) is 31.8 Å². The monoisotopic (exact) mass is 287 g/mol. The van der Waals surface area contributed by atoms with Crippen LogP contribution in [-0.2, 0) is 6.54 Å². The van der Waals surface area contributed by atoms with Crippen LogP contribution in [0.15, 0.2) is 42.5 Å². The number of hydrogen-bond acceptors (Lipinski definition) is 2. The zero-order chi connectivity index (χ0) is 14.5. The molecule has 2 rings (SSSR count). The molecule has 0 aliphatic carbocycles. The summed E-state index contributed by atoms with van der Waals surface area (Å²) >= 11 is 6.11. The van der Waals surface area contributed by atoms with E-state index in [2.05, 4.69) is 5.32 Å². The molecule has 0 aliphatic heterocycles. The molecule has 0 radical (unpaired) electrons. The summed E-state index contributed by atoms with van der Waals surface area (Å²) in [6.45, 7) is 2.33. The van der Waals surface area contributed by atoms with Gasteiger partial charge in [0.15, 0.2) is 0 Å². The lowest BCUT2D eigenvalue weighted by Gasteiger charge is -2.08. The van der Waals surface area contributed by atoms with Gasteiger partial charge in [0.05, 0.1) is 0 Å². The van der Waals surface area contributed by atoms with Gasteiger partial charge in [0.1, 0.15) is 6.29 Å². The second-order valence-corrected chi connectivity index (χ2v) is 4.92. The zero-order valence-electron chi connectivity index (χ0n) is 11.0. The number of benzene rings is 2. The van der Waals surface area contributed by atoms with Crippen molar-refractivity contribution in [2.75, 3.05) is 0 Å². The summed E-state index contributed by atoms with van der Waals surface area (Å²) in [4.78, 5) is 22.5. The van der Waals surface area contributed by atoms with E-state index in [-0.39, 0.29) is 5.91 Å². The summed E-state index contributed by atoms with van der Waals surface area (Å²) in [5.74, 6) is -0.195. The van der Waals surface area contributed by atoms with Crippen molar-refractivity contribution in [1.29, 1.82) is 0 Å². The number of halogens is 1. The standard InChI is InChI=1S/C16H14ClNO2/c1-11-2-5-14(15(17)8-11)9-18-16(20)13-6-3-12(10-19)4-7-13/h2-8,10H,9H2,1H3,(H,18,20). The topological polar surface area (TPSA) is 46.2 Å². The molecule has 2 aromatic rings. The van der Waals surface area contributed by atoms with Crippen molar-refractivity contribution in [3.05, 3.63) is 69.7 Å². The third-order valence-electron chi connectivity index (χ3n) is 2.96. The van der Waals surface area contributed by atoms with Crippen LogP contribution in [0.4, 0.5) is 0 Å². The highest BCUT2D eigenvalue weighted by Gasteiger charge is 2.06. The van der Waals surface area contributed by atoms with E-state index in [9.17, 15) is 9.59 Å². The molecule has 0 unspecified atom stereocenters. The van der Waals surface area contributed by atoms with Crippen molar-refractivity contribution < 1.29 is 9.59 Å². The van der Waals surface area contributed by atoms with Crippen LogP contribution < -0.4 is 5.32 Å². The Labute approximate surface area is 122 Å². The maximum atomic E-state index is 12.0. The van der Waals surface area contributed by atoms with Gasteiger partial charge >= 0.3 is 0 Å². The summed E-state index contributed by atoms with van der Waals surface area (Å²) in [5, 5.41) is 3.44. The summed E-state index contributed by atoms with van der Waals surface area (Å²) < 4.78 is 0. The highest BCUT2D eigenvalue weighted by atomic mass is 35.5. The van der Waals surface area contributed by atoms with Crippen LogP contribution in [0.5, 0.6) is 0 Å². The Hall–Kier alpha value is -2.13. The minimum absolute atomic E-state index is 0.195. The number of carbonyl (C=O) groups excluding carboxylic acids is 2. The number of amides is 1. The molecule has 0 spiro atoms. The van der Waals surface area contributed by atoms with Gasteiger partial charge in [-0.15, -0.1) is 0 Å². The van der Waals surface area contributed by atoms with E-state index in [1.807, 2.05) is 25.1 Å². The fourth-order valence-electron chi connectivity index (χ4n) is 1.79. The molecular formula is C16H14ClNO2. The van der Waals surface area contributed by atoms with Crippen molar-refractivity contribution in [2.24, 2.45) is 0 Å². The van der Waals surface area contributed by atoms with Crippen LogP contribution in [0.25, 0.3) is 0 Å². The van der Waals surface area contributed by atoms with E-state index in [1.165, 1.54) is 0 Å². The summed E-state index contributed by atoms with van der Waals surface area (Å²) in [6, 6.07) is 12.2. The molecule has 1 N–H and O–H groups in total. The molecular weight excluding hydrogens is 274 g/mol. The van der Waals surface area contributed by atoms with Crippen molar-refractivity contribution in [1.82, 2.24) is 5.32 Å². The fraction of sp³-hybridized carbons (Fsp3) is 0.125. The number of hydrogen-bond donors (Lipinski definition) is 1. The third kappa shape index (κ3) is 3.45. The third-order valence-corrected chi connectivity index (χ3v) is 3.31. The predicted molar refractivity (Wildman–Crippen MR) is 79.2 cm³/mol. The van der Waals surface area contributed by atoms with Gasteiger partial charge in [-0.05, 0) is 36.2 Å². The lowest BCUT2D eigenvalue weighted by molar-refractivity contribution is 0.0950. The van der Waals surface area contributed by atoms with E-state index in [0.717, 1.165) is 17.4 Å². The largest absolute Gasteiger partial charge is 0.348 e. The first-order valence-corrected chi connectivity index (χ1v) is 6.56. The van der Waals surface area contributed by atoms with Crippen LogP contribution in [0.2, 0.25) is 5.02 Å². The smallest absolute Gasteiger partial charge is 0.251 e. The molecule has 0 saturated heterocycles. The Kier molecular flexibility index (Phi) is 4.53. The van der Waals surface area contributed by atoms with Crippen LogP contribution in [0.3, 0.4) is 0 Å². The van der Waals surface area contributed by atoms with Crippen molar-refractivity contribution >= 4 is 23.8 Å². The van der Waals surface area contributed by atoms with Crippen molar-refractivity contribution in [3.63, 3.8) is 0 Å². The number of rotatable bonds is 4. The van der Waals surface area contributed by atoms with Gasteiger partial charge in [0, 0.05) is 22.7 Å². The number of aryl methyl sites for hydroxylation is 1. The molecule has 1 amide bonds. The molecule has 20 heavy (non-hydrogen) atoms. The molecule has 0 heterocycles. The van der Waals surface area contributed by atoms with Crippen molar-refractivity contribution in [2.45, 2.75) is 13.5 Å². The van der Waals surface area contributed by atoms with Gasteiger partial charge in [-0.25, -0.2) is 0 Å². The van der Waals surface area contributed by atoms with E-state index < -0.39 is 0 Å². The molecule has 2 aromatic carbocycles. The maximum Gasteiger partial charge on any atom is 0.251 e. The molecule has 0 bridgehead atoms. The van der Waals surface area contributed by atoms with Crippen LogP contribution in [0, 0.1) is 6.92 Å². The Balaban J connectivity index is 2.02. The molecule has 4 heteroatoms. The SMILES string of the molecule is Cc1ccc(CNC(=O)c2ccc(C=O)cc2)c(Cl)c1. The predicted octanol–water partition coefficient (Wildman–Crippen LogP) is 3.39. The van der Waals surface area contributed by atoms with Gasteiger partial charge in [0.2, 0.25) is 0 Å². The fourth-order valence-corrected chi connectivity index (χ4v) is 2.09. The summed E-state index contributed by atoms with van der Waals surface area (Å²) in [7, 11) is 0. The van der Waals surface area contributed by atoms with E-state index in [0.29, 0.717) is 22.7 Å². The summed E-state index contributed by atoms with van der Waals surface area (Å²) in [5.41, 5.74) is 3.01. The number of nitrogens with one attached hydrogen (secondary N) is 1. The second-order valence-electron chi connectivity index (χ2n) is 4.52. The van der Waals surface area contributed by atoms with Crippen LogP contribution in [-0.4, -0.2) is 12.2 Å². The quantitative estimate of drug-likeness (QED) is 0.876. The Bertz CT molecular complexity index is 635. The molecule has 0 saturated carbocycles. The average Bonchev–Trinajstić information content (AvgIpc) is 2.46. The number of aldehydes is 1. The zero-order valence-corrected chi connectivity index (χ0v) is 11.8. The van der Waals surface area contributed by atoms with Gasteiger partial charge < -0.3 is 5.32 Å².